The molecular formula is C10H15ClN2O3S. The van der Waals surface area contributed by atoms with Gasteiger partial charge in [-0.2, -0.15) is 0 Å². The van der Waals surface area contributed by atoms with Crippen LogP contribution in [-0.4, -0.2) is 28.1 Å². The maximum absolute atomic E-state index is 12.0. The van der Waals surface area contributed by atoms with Gasteiger partial charge in [0.2, 0.25) is 10.0 Å². The van der Waals surface area contributed by atoms with Crippen LogP contribution in [0.1, 0.15) is 6.92 Å². The highest BCUT2D eigenvalue weighted by molar-refractivity contribution is 7.89. The molecule has 1 aromatic rings. The number of hydrogen-bond donors (Lipinski definition) is 2. The minimum atomic E-state index is -3.66. The van der Waals surface area contributed by atoms with E-state index in [9.17, 15) is 8.42 Å². The van der Waals surface area contributed by atoms with Crippen LogP contribution in [-0.2, 0) is 10.0 Å². The fourth-order valence-electron chi connectivity index (χ4n) is 1.18. The molecule has 0 aliphatic rings. The Labute approximate surface area is 106 Å². The zero-order valence-electron chi connectivity index (χ0n) is 9.60. The van der Waals surface area contributed by atoms with E-state index in [1.54, 1.807) is 13.0 Å². The molecule has 17 heavy (non-hydrogen) atoms. The minimum Gasteiger partial charge on any atom is -0.495 e. The summed E-state index contributed by atoms with van der Waals surface area (Å²) >= 11 is 5.77. The first-order chi connectivity index (χ1) is 7.86. The molecule has 0 saturated carbocycles. The van der Waals surface area contributed by atoms with Crippen molar-refractivity contribution in [1.82, 2.24) is 4.72 Å². The van der Waals surface area contributed by atoms with Gasteiger partial charge in [-0.15, -0.1) is 0 Å². The van der Waals surface area contributed by atoms with Crippen LogP contribution in [0.2, 0.25) is 5.02 Å². The lowest BCUT2D eigenvalue weighted by Crippen LogP contribution is -2.35. The molecule has 5 nitrogen and oxygen atoms in total. The quantitative estimate of drug-likeness (QED) is 0.841. The molecule has 0 saturated heterocycles. The second kappa shape index (κ2) is 5.68. The number of halogens is 1. The highest BCUT2D eigenvalue weighted by Crippen LogP contribution is 2.26. The zero-order valence-corrected chi connectivity index (χ0v) is 11.2. The van der Waals surface area contributed by atoms with Gasteiger partial charge in [-0.05, 0) is 25.1 Å². The molecule has 96 valence electrons. The third-order valence-corrected chi connectivity index (χ3v) is 3.69. The van der Waals surface area contributed by atoms with Crippen molar-refractivity contribution in [3.8, 4) is 5.75 Å². The highest BCUT2D eigenvalue weighted by Gasteiger charge is 2.19. The van der Waals surface area contributed by atoms with Gasteiger partial charge in [-0.3, -0.25) is 0 Å². The smallest absolute Gasteiger partial charge is 0.244 e. The van der Waals surface area contributed by atoms with Crippen molar-refractivity contribution in [1.29, 1.82) is 0 Å². The molecule has 7 heteroatoms. The number of benzene rings is 1. The lowest BCUT2D eigenvalue weighted by Gasteiger charge is -2.12. The summed E-state index contributed by atoms with van der Waals surface area (Å²) in [5.74, 6) is 0.242. The molecule has 3 N–H and O–H groups in total. The van der Waals surface area contributed by atoms with Gasteiger partial charge >= 0.3 is 0 Å². The van der Waals surface area contributed by atoms with Gasteiger partial charge in [0.15, 0.2) is 0 Å². The third-order valence-electron chi connectivity index (χ3n) is 2.01. The normalized spacial score (nSPS) is 13.4. The molecule has 0 aromatic heterocycles. The molecule has 0 radical (unpaired) electrons. The Morgan fingerprint density at radius 2 is 2.18 bits per heavy atom. The second-order valence-electron chi connectivity index (χ2n) is 3.62. The van der Waals surface area contributed by atoms with Crippen LogP contribution in [0.4, 0.5) is 0 Å². The number of ether oxygens (including phenoxy) is 1. The molecular weight excluding hydrogens is 264 g/mol. The maximum Gasteiger partial charge on any atom is 0.244 e. The van der Waals surface area contributed by atoms with Crippen molar-refractivity contribution in [2.75, 3.05) is 13.7 Å². The summed E-state index contributed by atoms with van der Waals surface area (Å²) in [4.78, 5) is 0.00755. The van der Waals surface area contributed by atoms with E-state index in [0.29, 0.717) is 5.02 Å². The molecule has 0 heterocycles. The SMILES string of the molecule is COc1ccc(Cl)cc1S(=O)(=O)NCC(C)N. The van der Waals surface area contributed by atoms with E-state index >= 15 is 0 Å². The average molecular weight is 279 g/mol. The van der Waals surface area contributed by atoms with Crippen molar-refractivity contribution in [2.24, 2.45) is 5.73 Å². The number of nitrogens with two attached hydrogens (primary N) is 1. The second-order valence-corrected chi connectivity index (χ2v) is 5.80. The van der Waals surface area contributed by atoms with Gasteiger partial charge in [-0.1, -0.05) is 11.6 Å². The number of sulfonamides is 1. The van der Waals surface area contributed by atoms with Gasteiger partial charge < -0.3 is 10.5 Å². The fraction of sp³-hybridized carbons (Fsp3) is 0.400. The number of rotatable bonds is 5. The van der Waals surface area contributed by atoms with E-state index in [-0.39, 0.29) is 23.2 Å². The Hall–Kier alpha value is -0.820. The molecule has 0 spiro atoms. The fourth-order valence-corrected chi connectivity index (χ4v) is 2.75. The number of methoxy groups -OCH3 is 1. The summed E-state index contributed by atoms with van der Waals surface area (Å²) in [5, 5.41) is 0.326. The Balaban J connectivity index is 3.09. The number of nitrogens with one attached hydrogen (secondary N) is 1. The minimum absolute atomic E-state index is 0.00755. The average Bonchev–Trinajstić information content (AvgIpc) is 2.26. The van der Waals surface area contributed by atoms with Gasteiger partial charge in [0.25, 0.3) is 0 Å². The summed E-state index contributed by atoms with van der Waals surface area (Å²) in [7, 11) is -2.26. The van der Waals surface area contributed by atoms with E-state index in [1.807, 2.05) is 0 Å². The summed E-state index contributed by atoms with van der Waals surface area (Å²) < 4.78 is 31.3. The third kappa shape index (κ3) is 3.85. The molecule has 1 aromatic carbocycles. The monoisotopic (exact) mass is 278 g/mol. The molecule has 1 atom stereocenters. The summed E-state index contributed by atoms with van der Waals surface area (Å²) in [5.41, 5.74) is 5.49. The van der Waals surface area contributed by atoms with Crippen molar-refractivity contribution in [3.63, 3.8) is 0 Å². The van der Waals surface area contributed by atoms with Crippen molar-refractivity contribution in [3.05, 3.63) is 23.2 Å². The molecule has 0 bridgehead atoms. The van der Waals surface area contributed by atoms with Crippen molar-refractivity contribution >= 4 is 21.6 Å². The van der Waals surface area contributed by atoms with E-state index in [4.69, 9.17) is 22.1 Å². The molecule has 1 unspecified atom stereocenters. The van der Waals surface area contributed by atoms with E-state index in [2.05, 4.69) is 4.72 Å². The first-order valence-corrected chi connectivity index (χ1v) is 6.81. The lowest BCUT2D eigenvalue weighted by atomic mass is 10.3. The number of hydrogen-bond acceptors (Lipinski definition) is 4. The van der Waals surface area contributed by atoms with Crippen molar-refractivity contribution in [2.45, 2.75) is 17.9 Å². The van der Waals surface area contributed by atoms with Gasteiger partial charge in [0.1, 0.15) is 10.6 Å². The van der Waals surface area contributed by atoms with Crippen LogP contribution in [0.5, 0.6) is 5.75 Å². The molecule has 0 amide bonds. The van der Waals surface area contributed by atoms with E-state index in [1.165, 1.54) is 19.2 Å². The van der Waals surface area contributed by atoms with Gasteiger partial charge in [0.05, 0.1) is 7.11 Å². The van der Waals surface area contributed by atoms with Crippen LogP contribution in [0.25, 0.3) is 0 Å². The standard InChI is InChI=1S/C10H15ClN2O3S/c1-7(12)6-13-17(14,15)10-5-8(11)3-4-9(10)16-2/h3-5,7,13H,6,12H2,1-2H3. The summed E-state index contributed by atoms with van der Waals surface area (Å²) in [6.45, 7) is 1.86. The summed E-state index contributed by atoms with van der Waals surface area (Å²) in [6.07, 6.45) is 0. The van der Waals surface area contributed by atoms with E-state index in [0.717, 1.165) is 0 Å². The first kappa shape index (κ1) is 14.2. The van der Waals surface area contributed by atoms with Crippen LogP contribution < -0.4 is 15.2 Å². The Kier molecular flexibility index (Phi) is 4.76. The van der Waals surface area contributed by atoms with Crippen LogP contribution in [0.3, 0.4) is 0 Å². The van der Waals surface area contributed by atoms with Crippen LogP contribution in [0, 0.1) is 0 Å². The Morgan fingerprint density at radius 3 is 2.71 bits per heavy atom. The topological polar surface area (TPSA) is 81.4 Å². The maximum atomic E-state index is 12.0. The summed E-state index contributed by atoms with van der Waals surface area (Å²) in [6, 6.07) is 4.13. The van der Waals surface area contributed by atoms with Crippen LogP contribution in [0.15, 0.2) is 23.1 Å². The predicted molar refractivity (Wildman–Crippen MR) is 66.8 cm³/mol. The predicted octanol–water partition coefficient (Wildman–Crippen LogP) is 0.974. The van der Waals surface area contributed by atoms with Gasteiger partial charge in [0, 0.05) is 17.6 Å². The first-order valence-electron chi connectivity index (χ1n) is 4.95. The Morgan fingerprint density at radius 1 is 1.53 bits per heavy atom. The molecule has 0 aliphatic heterocycles. The van der Waals surface area contributed by atoms with Crippen LogP contribution >= 0.6 is 11.6 Å². The zero-order chi connectivity index (χ0) is 13.1. The molecule has 1 rings (SSSR count). The largest absolute Gasteiger partial charge is 0.495 e. The molecule has 0 aliphatic carbocycles. The lowest BCUT2D eigenvalue weighted by molar-refractivity contribution is 0.402. The molecule has 0 fully saturated rings. The van der Waals surface area contributed by atoms with Crippen molar-refractivity contribution < 1.29 is 13.2 Å². The van der Waals surface area contributed by atoms with E-state index < -0.39 is 10.0 Å². The Bertz CT molecular complexity index is 488. The van der Waals surface area contributed by atoms with Gasteiger partial charge in [-0.25, -0.2) is 13.1 Å². The highest BCUT2D eigenvalue weighted by atomic mass is 35.5.